The zero-order valence-corrected chi connectivity index (χ0v) is 18.6. The molecule has 1 aliphatic carbocycles. The molecule has 1 unspecified atom stereocenters. The van der Waals surface area contributed by atoms with E-state index in [0.717, 1.165) is 48.0 Å². The van der Waals surface area contributed by atoms with Crippen molar-refractivity contribution in [3.05, 3.63) is 77.5 Å². The third-order valence-electron chi connectivity index (χ3n) is 6.76. The van der Waals surface area contributed by atoms with Crippen LogP contribution < -0.4 is 0 Å². The van der Waals surface area contributed by atoms with Crippen LogP contribution in [0.3, 0.4) is 0 Å². The normalized spacial score (nSPS) is 21.5. The van der Waals surface area contributed by atoms with Crippen LogP contribution in [0.1, 0.15) is 37.1 Å². The minimum atomic E-state index is -3.71. The van der Waals surface area contributed by atoms with Crippen molar-refractivity contribution in [3.8, 4) is 0 Å². The third-order valence-corrected chi connectivity index (χ3v) is 8.52. The first-order valence-corrected chi connectivity index (χ1v) is 12.5. The van der Waals surface area contributed by atoms with E-state index in [-0.39, 0.29) is 12.6 Å². The fraction of sp³-hybridized carbons (Fsp3) is 0.360. The molecule has 3 aromatic rings. The lowest BCUT2D eigenvalue weighted by Crippen LogP contribution is -2.42. The highest BCUT2D eigenvalue weighted by atomic mass is 32.2. The maximum absolute atomic E-state index is 13.7. The zero-order valence-electron chi connectivity index (χ0n) is 17.7. The molecule has 162 valence electrons. The van der Waals surface area contributed by atoms with Crippen molar-refractivity contribution in [2.75, 3.05) is 19.7 Å². The number of aromatic nitrogens is 1. The van der Waals surface area contributed by atoms with Crippen molar-refractivity contribution in [1.29, 1.82) is 0 Å². The van der Waals surface area contributed by atoms with Gasteiger partial charge in [-0.1, -0.05) is 55.0 Å². The minimum Gasteiger partial charge on any atom is -0.395 e. The van der Waals surface area contributed by atoms with Crippen molar-refractivity contribution >= 4 is 20.9 Å². The second-order valence-electron chi connectivity index (χ2n) is 8.48. The summed E-state index contributed by atoms with van der Waals surface area (Å²) in [6.07, 6.45) is 5.03. The average Bonchev–Trinajstić information content (AvgIpc) is 3.15. The van der Waals surface area contributed by atoms with E-state index < -0.39 is 10.0 Å². The number of hydrogen-bond acceptors (Lipinski definition) is 4. The first kappa shape index (κ1) is 20.5. The summed E-state index contributed by atoms with van der Waals surface area (Å²) in [5, 5.41) is 10.8. The van der Waals surface area contributed by atoms with Gasteiger partial charge >= 0.3 is 0 Å². The molecule has 1 N–H and O–H groups in total. The summed E-state index contributed by atoms with van der Waals surface area (Å²) < 4.78 is 29.1. The van der Waals surface area contributed by atoms with Crippen molar-refractivity contribution in [1.82, 2.24) is 8.87 Å². The Morgan fingerprint density at radius 2 is 1.81 bits per heavy atom. The lowest BCUT2D eigenvalue weighted by molar-refractivity contribution is 0.116. The molecule has 0 amide bonds. The summed E-state index contributed by atoms with van der Waals surface area (Å²) in [4.78, 5) is 2.65. The van der Waals surface area contributed by atoms with E-state index in [1.54, 1.807) is 28.2 Å². The van der Waals surface area contributed by atoms with Crippen LogP contribution >= 0.6 is 0 Å². The Kier molecular flexibility index (Phi) is 5.24. The number of benzene rings is 2. The molecule has 6 heteroatoms. The highest BCUT2D eigenvalue weighted by Gasteiger charge is 2.40. The molecule has 2 aliphatic rings. The van der Waals surface area contributed by atoms with Gasteiger partial charge in [-0.15, -0.1) is 0 Å². The first-order valence-electron chi connectivity index (χ1n) is 11.0. The summed E-state index contributed by atoms with van der Waals surface area (Å²) in [5.74, 6) is 0.335. The first-order chi connectivity index (χ1) is 15.1. The molecule has 5 nitrogen and oxygen atoms in total. The fourth-order valence-corrected chi connectivity index (χ4v) is 7.03. The molecular weight excluding hydrogens is 408 g/mol. The zero-order chi connectivity index (χ0) is 21.6. The molecule has 0 radical (unpaired) electrons. The molecule has 1 aliphatic heterocycles. The van der Waals surface area contributed by atoms with E-state index in [1.807, 2.05) is 30.3 Å². The van der Waals surface area contributed by atoms with E-state index >= 15 is 0 Å². The topological polar surface area (TPSA) is 62.5 Å². The Balaban J connectivity index is 1.76. The van der Waals surface area contributed by atoms with Crippen molar-refractivity contribution in [2.24, 2.45) is 5.92 Å². The van der Waals surface area contributed by atoms with Crippen LogP contribution in [-0.4, -0.2) is 42.1 Å². The SMILES string of the molecule is CCC1=CC2CCc3c(c4ccccc4n3S(=O)(=O)c3ccccc3)[C@@H]2N(CCO)C1. The molecule has 0 fully saturated rings. The van der Waals surface area contributed by atoms with E-state index in [4.69, 9.17) is 0 Å². The number of aliphatic hydroxyl groups excluding tert-OH is 1. The van der Waals surface area contributed by atoms with Crippen LogP contribution in [0, 0.1) is 5.92 Å². The largest absolute Gasteiger partial charge is 0.395 e. The van der Waals surface area contributed by atoms with Crippen LogP contribution in [0.4, 0.5) is 0 Å². The van der Waals surface area contributed by atoms with E-state index in [9.17, 15) is 13.5 Å². The number of β-amino-alcohol motifs (C(OH)–C–C–N with tert-alkyl or cyclic N) is 1. The Morgan fingerprint density at radius 3 is 2.55 bits per heavy atom. The van der Waals surface area contributed by atoms with Gasteiger partial charge in [0.05, 0.1) is 17.0 Å². The number of para-hydroxylation sites is 1. The molecule has 0 saturated carbocycles. The Hall–Kier alpha value is -2.41. The minimum absolute atomic E-state index is 0.0864. The van der Waals surface area contributed by atoms with Gasteiger partial charge in [-0.25, -0.2) is 12.4 Å². The van der Waals surface area contributed by atoms with Crippen molar-refractivity contribution < 1.29 is 13.5 Å². The van der Waals surface area contributed by atoms with Gasteiger partial charge in [0.15, 0.2) is 0 Å². The Morgan fingerprint density at radius 1 is 1.06 bits per heavy atom. The summed E-state index contributed by atoms with van der Waals surface area (Å²) in [6.45, 7) is 3.68. The Bertz CT molecular complexity index is 1240. The molecule has 5 rings (SSSR count). The summed E-state index contributed by atoms with van der Waals surface area (Å²) in [6, 6.07) is 16.6. The molecular formula is C25H28N2O3S. The van der Waals surface area contributed by atoms with Crippen LogP contribution in [0.5, 0.6) is 0 Å². The van der Waals surface area contributed by atoms with Gasteiger partial charge in [0.25, 0.3) is 10.0 Å². The molecule has 2 aromatic carbocycles. The Labute approximate surface area is 183 Å². The van der Waals surface area contributed by atoms with Crippen molar-refractivity contribution in [3.63, 3.8) is 0 Å². The van der Waals surface area contributed by atoms with E-state index in [1.165, 1.54) is 5.57 Å². The van der Waals surface area contributed by atoms with E-state index in [0.29, 0.717) is 17.4 Å². The van der Waals surface area contributed by atoms with Crippen LogP contribution in [0.25, 0.3) is 10.9 Å². The number of nitrogens with zero attached hydrogens (tertiary/aromatic N) is 2. The molecule has 2 atom stereocenters. The molecule has 0 spiro atoms. The van der Waals surface area contributed by atoms with Gasteiger partial charge in [0.1, 0.15) is 0 Å². The van der Waals surface area contributed by atoms with Gasteiger partial charge in [-0.05, 0) is 48.9 Å². The number of fused-ring (bicyclic) bond motifs is 5. The summed E-state index contributed by atoms with van der Waals surface area (Å²) >= 11 is 0. The van der Waals surface area contributed by atoms with Crippen LogP contribution in [-0.2, 0) is 16.4 Å². The maximum Gasteiger partial charge on any atom is 0.268 e. The predicted molar refractivity (Wildman–Crippen MR) is 123 cm³/mol. The second kappa shape index (κ2) is 7.93. The maximum atomic E-state index is 13.7. The van der Waals surface area contributed by atoms with Crippen LogP contribution in [0.2, 0.25) is 0 Å². The molecule has 0 bridgehead atoms. The number of rotatable bonds is 5. The van der Waals surface area contributed by atoms with E-state index in [2.05, 4.69) is 17.9 Å². The third kappa shape index (κ3) is 3.25. The molecule has 1 aromatic heterocycles. The molecule has 0 saturated heterocycles. The van der Waals surface area contributed by atoms with Gasteiger partial charge in [0, 0.05) is 30.2 Å². The molecule has 31 heavy (non-hydrogen) atoms. The highest BCUT2D eigenvalue weighted by molar-refractivity contribution is 7.90. The number of aliphatic hydroxyl groups is 1. The number of hydrogen-bond donors (Lipinski definition) is 1. The fourth-order valence-electron chi connectivity index (χ4n) is 5.42. The molecule has 2 heterocycles. The van der Waals surface area contributed by atoms with Gasteiger partial charge < -0.3 is 5.11 Å². The second-order valence-corrected chi connectivity index (χ2v) is 10.3. The lowest BCUT2D eigenvalue weighted by atomic mass is 9.77. The standard InChI is InChI=1S/C25H28N2O3S/c1-2-18-16-19-12-13-23-24(25(19)26(17-18)14-15-28)21-10-6-7-11-22(21)27(23)31(29,30)20-8-4-3-5-9-20/h3-11,16,19,25,28H,2,12-15,17H2,1H3/t19?,25-/m1/s1. The predicted octanol–water partition coefficient (Wildman–Crippen LogP) is 4.13. The smallest absolute Gasteiger partial charge is 0.268 e. The van der Waals surface area contributed by atoms with Gasteiger partial charge in [-0.2, -0.15) is 0 Å². The van der Waals surface area contributed by atoms with Gasteiger partial charge in [-0.3, -0.25) is 4.90 Å². The summed E-state index contributed by atoms with van der Waals surface area (Å²) in [7, 11) is -3.71. The highest BCUT2D eigenvalue weighted by Crippen LogP contribution is 2.47. The van der Waals surface area contributed by atoms with Crippen molar-refractivity contribution in [2.45, 2.75) is 37.1 Å². The monoisotopic (exact) mass is 436 g/mol. The summed E-state index contributed by atoms with van der Waals surface area (Å²) in [5.41, 5.74) is 4.15. The quantitative estimate of drug-likeness (QED) is 0.611. The van der Waals surface area contributed by atoms with Crippen LogP contribution in [0.15, 0.2) is 71.1 Å². The lowest BCUT2D eigenvalue weighted by Gasteiger charge is -2.43. The van der Waals surface area contributed by atoms with Gasteiger partial charge in [0.2, 0.25) is 0 Å². The average molecular weight is 437 g/mol.